The number of hydrogen-bond donors (Lipinski definition) is 2. The highest BCUT2D eigenvalue weighted by molar-refractivity contribution is 5.63. The lowest BCUT2D eigenvalue weighted by atomic mass is 9.97. The van der Waals surface area contributed by atoms with Gasteiger partial charge in [0.1, 0.15) is 5.75 Å². The molecule has 0 radical (unpaired) electrons. The van der Waals surface area contributed by atoms with Crippen LogP contribution in [-0.2, 0) is 6.42 Å². The fourth-order valence-electron chi connectivity index (χ4n) is 2.82. The zero-order chi connectivity index (χ0) is 13.0. The molecule has 3 nitrogen and oxygen atoms in total. The first-order chi connectivity index (χ1) is 8.76. The molecule has 0 saturated heterocycles. The summed E-state index contributed by atoms with van der Waals surface area (Å²) >= 11 is 0. The van der Waals surface area contributed by atoms with Crippen molar-refractivity contribution in [2.45, 2.75) is 39.2 Å². The Labute approximate surface area is 110 Å². The number of phenols is 1. The van der Waals surface area contributed by atoms with Crippen molar-refractivity contribution in [3.8, 4) is 5.75 Å². The minimum absolute atomic E-state index is 0.378. The molecular weight excluding hydrogens is 224 g/mol. The number of benzene rings is 1. The van der Waals surface area contributed by atoms with Gasteiger partial charge >= 0.3 is 0 Å². The Bertz CT molecular complexity index is 386. The van der Waals surface area contributed by atoms with E-state index in [1.165, 1.54) is 18.4 Å². The van der Waals surface area contributed by atoms with Gasteiger partial charge in [0.15, 0.2) is 0 Å². The van der Waals surface area contributed by atoms with Crippen LogP contribution >= 0.6 is 0 Å². The predicted octanol–water partition coefficient (Wildman–Crippen LogP) is 2.85. The number of hydrogen-bond acceptors (Lipinski definition) is 3. The molecular formula is C15H24N2O. The fourth-order valence-corrected chi connectivity index (χ4v) is 2.82. The summed E-state index contributed by atoms with van der Waals surface area (Å²) in [6.45, 7) is 7.73. The molecule has 1 heterocycles. The van der Waals surface area contributed by atoms with Gasteiger partial charge in [0.2, 0.25) is 0 Å². The van der Waals surface area contributed by atoms with Crippen molar-refractivity contribution in [3.05, 3.63) is 23.8 Å². The number of rotatable bonds is 5. The molecule has 1 aromatic rings. The first kappa shape index (κ1) is 13.2. The molecule has 0 bridgehead atoms. The van der Waals surface area contributed by atoms with E-state index in [1.54, 1.807) is 6.07 Å². The number of nitrogens with one attached hydrogen (secondary N) is 1. The van der Waals surface area contributed by atoms with Gasteiger partial charge in [0, 0.05) is 12.6 Å². The third-order valence-corrected chi connectivity index (χ3v) is 3.64. The van der Waals surface area contributed by atoms with E-state index in [0.29, 0.717) is 11.8 Å². The Hall–Kier alpha value is -1.22. The van der Waals surface area contributed by atoms with E-state index in [2.05, 4.69) is 30.1 Å². The van der Waals surface area contributed by atoms with E-state index < -0.39 is 0 Å². The minimum atomic E-state index is 0.378. The molecule has 0 unspecified atom stereocenters. The molecule has 1 aliphatic rings. The summed E-state index contributed by atoms with van der Waals surface area (Å²) in [6, 6.07) is 6.35. The summed E-state index contributed by atoms with van der Waals surface area (Å²) in [4.78, 5) is 2.57. The van der Waals surface area contributed by atoms with Crippen LogP contribution in [0.25, 0.3) is 0 Å². The van der Waals surface area contributed by atoms with Gasteiger partial charge in [-0.25, -0.2) is 0 Å². The van der Waals surface area contributed by atoms with Crippen LogP contribution in [0.4, 0.5) is 5.69 Å². The molecule has 0 saturated carbocycles. The first-order valence-electron chi connectivity index (χ1n) is 7.05. The van der Waals surface area contributed by atoms with Crippen molar-refractivity contribution in [2.75, 3.05) is 25.0 Å². The van der Waals surface area contributed by atoms with Gasteiger partial charge in [-0.1, -0.05) is 26.0 Å². The Kier molecular flexibility index (Phi) is 4.48. The molecule has 0 fully saturated rings. The van der Waals surface area contributed by atoms with Gasteiger partial charge in [-0.15, -0.1) is 0 Å². The number of para-hydroxylation sites is 1. The molecule has 2 N–H and O–H groups in total. The van der Waals surface area contributed by atoms with E-state index in [1.807, 2.05) is 6.07 Å². The summed E-state index contributed by atoms with van der Waals surface area (Å²) < 4.78 is 0. The number of phenolic OH excluding ortho intramolecular Hbond substituents is 1. The first-order valence-corrected chi connectivity index (χ1v) is 7.05. The molecule has 1 atom stereocenters. The minimum Gasteiger partial charge on any atom is -0.506 e. The van der Waals surface area contributed by atoms with E-state index in [-0.39, 0.29) is 0 Å². The SMILES string of the molecule is CCCN(CCC)[C@H]1CNc2c(O)cccc2C1. The Morgan fingerprint density at radius 3 is 2.67 bits per heavy atom. The van der Waals surface area contributed by atoms with Crippen LogP contribution in [0.2, 0.25) is 0 Å². The maximum Gasteiger partial charge on any atom is 0.138 e. The number of aromatic hydroxyl groups is 1. The third kappa shape index (κ3) is 2.78. The highest BCUT2D eigenvalue weighted by Gasteiger charge is 2.24. The van der Waals surface area contributed by atoms with E-state index in [4.69, 9.17) is 0 Å². The lowest BCUT2D eigenvalue weighted by Crippen LogP contribution is -2.44. The fraction of sp³-hybridized carbons (Fsp3) is 0.600. The molecule has 3 heteroatoms. The van der Waals surface area contributed by atoms with E-state index in [0.717, 1.165) is 31.7 Å². The highest BCUT2D eigenvalue weighted by atomic mass is 16.3. The number of fused-ring (bicyclic) bond motifs is 1. The lowest BCUT2D eigenvalue weighted by molar-refractivity contribution is 0.200. The van der Waals surface area contributed by atoms with Crippen LogP contribution in [0.15, 0.2) is 18.2 Å². The molecule has 2 rings (SSSR count). The molecule has 0 spiro atoms. The van der Waals surface area contributed by atoms with Crippen LogP contribution in [0.5, 0.6) is 5.75 Å². The van der Waals surface area contributed by atoms with Crippen molar-refractivity contribution in [1.29, 1.82) is 0 Å². The summed E-state index contributed by atoms with van der Waals surface area (Å²) in [6.07, 6.45) is 3.43. The summed E-state index contributed by atoms with van der Waals surface area (Å²) in [5.74, 6) is 0.378. The van der Waals surface area contributed by atoms with Crippen LogP contribution in [-0.4, -0.2) is 35.7 Å². The van der Waals surface area contributed by atoms with Gasteiger partial charge in [0.05, 0.1) is 5.69 Å². The zero-order valence-corrected chi connectivity index (χ0v) is 11.4. The number of nitrogens with zero attached hydrogens (tertiary/aromatic N) is 1. The summed E-state index contributed by atoms with van der Waals surface area (Å²) in [5, 5.41) is 13.2. The van der Waals surface area contributed by atoms with Crippen molar-refractivity contribution < 1.29 is 5.11 Å². The summed E-state index contributed by atoms with van der Waals surface area (Å²) in [7, 11) is 0. The van der Waals surface area contributed by atoms with Crippen LogP contribution in [0.3, 0.4) is 0 Å². The topological polar surface area (TPSA) is 35.5 Å². The maximum absolute atomic E-state index is 9.81. The molecule has 100 valence electrons. The Morgan fingerprint density at radius 2 is 2.00 bits per heavy atom. The van der Waals surface area contributed by atoms with Crippen LogP contribution < -0.4 is 5.32 Å². The molecule has 1 aliphatic heterocycles. The molecule has 0 amide bonds. The average molecular weight is 248 g/mol. The third-order valence-electron chi connectivity index (χ3n) is 3.64. The predicted molar refractivity (Wildman–Crippen MR) is 76.2 cm³/mol. The Morgan fingerprint density at radius 1 is 1.28 bits per heavy atom. The van der Waals surface area contributed by atoms with E-state index >= 15 is 0 Å². The quantitative estimate of drug-likeness (QED) is 0.787. The van der Waals surface area contributed by atoms with E-state index in [9.17, 15) is 5.11 Å². The van der Waals surface area contributed by atoms with Gasteiger partial charge in [-0.05, 0) is 44.0 Å². The smallest absolute Gasteiger partial charge is 0.138 e. The second-order valence-electron chi connectivity index (χ2n) is 5.09. The molecule has 18 heavy (non-hydrogen) atoms. The standard InChI is InChI=1S/C15H24N2O/c1-3-8-17(9-4-2)13-10-12-6-5-7-14(18)15(12)16-11-13/h5-7,13,16,18H,3-4,8-11H2,1-2H3/t13-/m1/s1. The van der Waals surface area contributed by atoms with Gasteiger partial charge in [0.25, 0.3) is 0 Å². The van der Waals surface area contributed by atoms with Crippen molar-refractivity contribution in [3.63, 3.8) is 0 Å². The van der Waals surface area contributed by atoms with Gasteiger partial charge in [-0.3, -0.25) is 4.90 Å². The Balaban J connectivity index is 2.10. The van der Waals surface area contributed by atoms with Crippen LogP contribution in [0.1, 0.15) is 32.3 Å². The normalized spacial score (nSPS) is 18.5. The average Bonchev–Trinajstić information content (AvgIpc) is 2.38. The molecule has 0 aromatic heterocycles. The highest BCUT2D eigenvalue weighted by Crippen LogP contribution is 2.32. The maximum atomic E-state index is 9.81. The van der Waals surface area contributed by atoms with Crippen molar-refractivity contribution >= 4 is 5.69 Å². The van der Waals surface area contributed by atoms with Gasteiger partial charge < -0.3 is 10.4 Å². The van der Waals surface area contributed by atoms with Crippen molar-refractivity contribution in [1.82, 2.24) is 4.90 Å². The second kappa shape index (κ2) is 6.10. The zero-order valence-electron chi connectivity index (χ0n) is 11.4. The largest absolute Gasteiger partial charge is 0.506 e. The van der Waals surface area contributed by atoms with Crippen molar-refractivity contribution in [2.24, 2.45) is 0 Å². The monoisotopic (exact) mass is 248 g/mol. The van der Waals surface area contributed by atoms with Crippen LogP contribution in [0, 0.1) is 0 Å². The molecule has 1 aromatic carbocycles. The van der Waals surface area contributed by atoms with Gasteiger partial charge in [-0.2, -0.15) is 0 Å². The lowest BCUT2D eigenvalue weighted by Gasteiger charge is -2.35. The second-order valence-corrected chi connectivity index (χ2v) is 5.09. The molecule has 0 aliphatic carbocycles. The number of anilines is 1. The summed E-state index contributed by atoms with van der Waals surface area (Å²) in [5.41, 5.74) is 2.17.